The number of unbranched alkanes of at least 4 members (excludes halogenated alkanes) is 11. The third-order valence-electron chi connectivity index (χ3n) is 5.17. The smallest absolute Gasteiger partial charge is 0.550 e. The van der Waals surface area contributed by atoms with Crippen LogP contribution < -0.4 is 10.2 Å². The molecule has 1 rings (SSSR count). The van der Waals surface area contributed by atoms with E-state index < -0.39 is 11.9 Å². The molecule has 0 amide bonds. The van der Waals surface area contributed by atoms with Crippen LogP contribution in [0.3, 0.4) is 0 Å². The second-order valence-electron chi connectivity index (χ2n) is 8.75. The van der Waals surface area contributed by atoms with Gasteiger partial charge in [0.1, 0.15) is 0 Å². The van der Waals surface area contributed by atoms with Crippen LogP contribution in [0.5, 0.6) is 0 Å². The zero-order chi connectivity index (χ0) is 27.2. The number of aromatic carboxylic acids is 1. The second kappa shape index (κ2) is 36.1. The monoisotopic (exact) mass is 610 g/mol. The Labute approximate surface area is 241 Å². The molecule has 0 saturated heterocycles. The summed E-state index contributed by atoms with van der Waals surface area (Å²) in [4.78, 5) is 20.6. The Morgan fingerprint density at radius 2 is 1.14 bits per heavy atom. The van der Waals surface area contributed by atoms with Gasteiger partial charge in [-0.05, 0) is 42.9 Å². The zero-order valence-corrected chi connectivity index (χ0v) is 26.7. The van der Waals surface area contributed by atoms with Crippen molar-refractivity contribution in [3.8, 4) is 0 Å². The van der Waals surface area contributed by atoms with Crippen LogP contribution in [0.15, 0.2) is 24.3 Å². The van der Waals surface area contributed by atoms with Gasteiger partial charge < -0.3 is 19.8 Å². The average molecular weight is 609 g/mol. The van der Waals surface area contributed by atoms with Gasteiger partial charge in [0.2, 0.25) is 0 Å². The largest absolute Gasteiger partial charge is 2.00 e. The second-order valence-corrected chi connectivity index (χ2v) is 8.75. The van der Waals surface area contributed by atoms with Crippen LogP contribution in [0.2, 0.25) is 0 Å². The molecule has 0 spiro atoms. The van der Waals surface area contributed by atoms with Crippen molar-refractivity contribution in [1.82, 2.24) is 0 Å². The summed E-state index contributed by atoms with van der Waals surface area (Å²) in [6, 6.07) is 6.95. The molecule has 0 bridgehead atoms. The summed E-state index contributed by atoms with van der Waals surface area (Å²) in [5, 5.41) is 20.6. The Balaban J connectivity index is -0.000000215. The molecule has 0 aliphatic rings. The van der Waals surface area contributed by atoms with Crippen LogP contribution in [-0.2, 0) is 11.2 Å². The van der Waals surface area contributed by atoms with Crippen molar-refractivity contribution in [2.24, 2.45) is 0 Å². The number of benzene rings is 1. The predicted molar refractivity (Wildman–Crippen MR) is 153 cm³/mol. The van der Waals surface area contributed by atoms with Crippen molar-refractivity contribution < 1.29 is 19.8 Å². The van der Waals surface area contributed by atoms with Gasteiger partial charge in [-0.15, -0.1) is 0 Å². The van der Waals surface area contributed by atoms with Crippen LogP contribution in [0.25, 0.3) is 0 Å². The number of carboxylic acid groups (broad SMARTS) is 2. The van der Waals surface area contributed by atoms with Gasteiger partial charge >= 0.3 is 23.9 Å². The van der Waals surface area contributed by atoms with E-state index in [4.69, 9.17) is 0 Å². The first-order valence-corrected chi connectivity index (χ1v) is 13.9. The molecule has 0 aromatic heterocycles. The van der Waals surface area contributed by atoms with Gasteiger partial charge in [0.15, 0.2) is 0 Å². The van der Waals surface area contributed by atoms with E-state index in [9.17, 15) is 19.8 Å². The van der Waals surface area contributed by atoms with E-state index in [-0.39, 0.29) is 35.9 Å². The summed E-state index contributed by atoms with van der Waals surface area (Å²) in [7, 11) is 0. The Morgan fingerprint density at radius 1 is 0.694 bits per heavy atom. The molecule has 0 aliphatic heterocycles. The molecule has 1 aromatic rings. The van der Waals surface area contributed by atoms with E-state index in [1.165, 1.54) is 57.8 Å². The maximum absolute atomic E-state index is 10.5. The van der Waals surface area contributed by atoms with Gasteiger partial charge in [-0.2, -0.15) is 0 Å². The van der Waals surface area contributed by atoms with Crippen LogP contribution in [0.4, 0.5) is 0 Å². The molecule has 1 aromatic carbocycles. The number of carboxylic acids is 2. The fraction of sp³-hybridized carbons (Fsp3) is 0.677. The fourth-order valence-electron chi connectivity index (χ4n) is 2.81. The topological polar surface area (TPSA) is 80.3 Å². The summed E-state index contributed by atoms with van der Waals surface area (Å²) in [5.41, 5.74) is 1.34. The predicted octanol–water partition coefficient (Wildman–Crippen LogP) is 6.91. The first-order chi connectivity index (χ1) is 16.8. The summed E-state index contributed by atoms with van der Waals surface area (Å²) >= 11 is 0. The van der Waals surface area contributed by atoms with Crippen LogP contribution in [0.1, 0.15) is 146 Å². The fourth-order valence-corrected chi connectivity index (χ4v) is 2.81. The molecule has 0 atom stereocenters. The van der Waals surface area contributed by atoms with Gasteiger partial charge in [-0.25, -0.2) is 0 Å². The number of hydrogen-bond donors (Lipinski definition) is 0. The average Bonchev–Trinajstić information content (AvgIpc) is 2.87. The van der Waals surface area contributed by atoms with E-state index in [0.29, 0.717) is 0 Å². The number of rotatable bonds is 16. The molecule has 0 heterocycles. The summed E-state index contributed by atoms with van der Waals surface area (Å²) in [6.07, 6.45) is 18.9. The van der Waals surface area contributed by atoms with Crippen molar-refractivity contribution in [3.63, 3.8) is 0 Å². The molecule has 36 heavy (non-hydrogen) atoms. The Bertz CT molecular complexity index is 567. The molecule has 0 aliphatic carbocycles. The Kier molecular flexibility index (Phi) is 42.2. The minimum absolute atomic E-state index is 0. The van der Waals surface area contributed by atoms with E-state index >= 15 is 0 Å². The third kappa shape index (κ3) is 37.5. The van der Waals surface area contributed by atoms with Gasteiger partial charge in [-0.1, -0.05) is 143 Å². The van der Waals surface area contributed by atoms with E-state index in [0.717, 1.165) is 50.5 Å². The first kappa shape index (κ1) is 42.1. The Morgan fingerprint density at radius 3 is 1.53 bits per heavy atom. The molecular formula is C31H54O4Sn. The van der Waals surface area contributed by atoms with Crippen molar-refractivity contribution in [1.29, 1.82) is 0 Å². The molecule has 0 N–H and O–H groups in total. The van der Waals surface area contributed by atoms with Crippen LogP contribution >= 0.6 is 0 Å². The van der Waals surface area contributed by atoms with Gasteiger partial charge in [0, 0.05) is 5.97 Å². The van der Waals surface area contributed by atoms with Gasteiger partial charge in [-0.3, -0.25) is 0 Å². The summed E-state index contributed by atoms with van der Waals surface area (Å²) in [5.74, 6) is -2.01. The molecule has 4 nitrogen and oxygen atoms in total. The summed E-state index contributed by atoms with van der Waals surface area (Å²) in [6.45, 7) is 15.8. The number of aliphatic carboxylic acids is 1. The van der Waals surface area contributed by atoms with E-state index in [2.05, 4.69) is 41.5 Å². The quantitative estimate of drug-likeness (QED) is 0.151. The molecule has 0 unspecified atom stereocenters. The molecule has 206 valence electrons. The maximum Gasteiger partial charge on any atom is 2.00 e. The van der Waals surface area contributed by atoms with Crippen molar-refractivity contribution in [2.75, 3.05) is 0 Å². The van der Waals surface area contributed by atoms with Crippen molar-refractivity contribution in [3.05, 3.63) is 49.2 Å². The van der Waals surface area contributed by atoms with Crippen LogP contribution in [-0.4, -0.2) is 35.8 Å². The molecule has 5 heteroatoms. The normalized spacial score (nSPS) is 9.28. The number of carbonyl (C=O) groups is 2. The third-order valence-corrected chi connectivity index (χ3v) is 5.17. The zero-order valence-electron chi connectivity index (χ0n) is 23.9. The molecule has 0 fully saturated rings. The minimum atomic E-state index is -1.10. The van der Waals surface area contributed by atoms with Crippen LogP contribution in [0, 0.1) is 13.8 Å². The standard InChI is InChI=1S/C12H24O2.C11H14O2.2C4H9.Sn/c1-2-3-4-5-6-7-8-9-10-11-12(13)14;1-2-3-5-9-6-4-7-10(8-9)11(12)13;2*1-3-4-2;/h2-11H2,1H3,(H,13,14);4,6-8H,2-3,5H2,1H3,(H,12,13);2*1,3-4H2,2H3;/q;;;;+2/p-2. The minimum Gasteiger partial charge on any atom is -0.550 e. The van der Waals surface area contributed by atoms with Crippen molar-refractivity contribution in [2.45, 2.75) is 137 Å². The SMILES string of the molecule is CCCCCCCCCCCC(=O)[O-].CCCCc1cccc(C(=O)[O-])c1.[CH2]CCC.[CH2]CCC.[Sn+2]. The molecule has 4 radical (unpaired) electrons. The van der Waals surface area contributed by atoms with Gasteiger partial charge in [0.25, 0.3) is 0 Å². The van der Waals surface area contributed by atoms with Gasteiger partial charge in [0.05, 0.1) is 5.97 Å². The van der Waals surface area contributed by atoms with Crippen molar-refractivity contribution >= 4 is 35.8 Å². The van der Waals surface area contributed by atoms with E-state index in [1.54, 1.807) is 18.2 Å². The van der Waals surface area contributed by atoms with E-state index in [1.807, 2.05) is 6.07 Å². The number of aryl methyl sites for hydroxylation is 1. The summed E-state index contributed by atoms with van der Waals surface area (Å²) < 4.78 is 0. The molecule has 0 saturated carbocycles. The number of hydrogen-bond acceptors (Lipinski definition) is 4. The maximum atomic E-state index is 10.5. The first-order valence-electron chi connectivity index (χ1n) is 13.9. The molecular weight excluding hydrogens is 555 g/mol. The number of carbonyl (C=O) groups excluding carboxylic acids is 2. The Hall–Kier alpha value is -1.04.